The summed E-state index contributed by atoms with van der Waals surface area (Å²) in [4.78, 5) is 17.8. The quantitative estimate of drug-likeness (QED) is 0.502. The highest BCUT2D eigenvalue weighted by molar-refractivity contribution is 7.92. The van der Waals surface area contributed by atoms with E-state index in [9.17, 15) is 13.2 Å². The van der Waals surface area contributed by atoms with Gasteiger partial charge in [0, 0.05) is 11.6 Å². The number of rotatable bonds is 7. The van der Waals surface area contributed by atoms with Crippen molar-refractivity contribution >= 4 is 38.1 Å². The lowest BCUT2D eigenvalue weighted by Crippen LogP contribution is -2.20. The van der Waals surface area contributed by atoms with E-state index < -0.39 is 10.0 Å². The fourth-order valence-corrected chi connectivity index (χ4v) is 6.08. The summed E-state index contributed by atoms with van der Waals surface area (Å²) in [6, 6.07) is 13.7. The van der Waals surface area contributed by atoms with Gasteiger partial charge in [-0.3, -0.25) is 9.52 Å². The Bertz CT molecular complexity index is 1220. The average molecular weight is 472 g/mol. The van der Waals surface area contributed by atoms with Crippen molar-refractivity contribution in [2.75, 3.05) is 17.1 Å². The molecule has 1 heterocycles. The standard InChI is InChI=1S/C23H25N3O4S2/c1-15-21(31-23(24-15)25-22(27)16-8-6-7-9-16)17-12-13-19(30-2)20(14-17)32(28,29)26-18-10-4-3-5-11-18/h3-5,10-14,16,26H,6-9H2,1-2H3,(H,24,25,27). The van der Waals surface area contributed by atoms with Crippen LogP contribution in [0.3, 0.4) is 0 Å². The molecule has 0 atom stereocenters. The van der Waals surface area contributed by atoms with E-state index in [1.807, 2.05) is 13.0 Å². The van der Waals surface area contributed by atoms with Crippen molar-refractivity contribution in [2.24, 2.45) is 5.92 Å². The van der Waals surface area contributed by atoms with Gasteiger partial charge in [0.2, 0.25) is 5.91 Å². The van der Waals surface area contributed by atoms with Gasteiger partial charge in [0.05, 0.1) is 17.7 Å². The molecule has 0 unspecified atom stereocenters. The van der Waals surface area contributed by atoms with Crippen LogP contribution in [0.5, 0.6) is 5.75 Å². The van der Waals surface area contributed by atoms with Crippen LogP contribution in [0.2, 0.25) is 0 Å². The summed E-state index contributed by atoms with van der Waals surface area (Å²) in [6.45, 7) is 1.84. The summed E-state index contributed by atoms with van der Waals surface area (Å²) in [6.07, 6.45) is 4.00. The Balaban J connectivity index is 1.63. The first-order chi connectivity index (χ1) is 15.4. The number of para-hydroxylation sites is 1. The number of hydrogen-bond donors (Lipinski definition) is 2. The van der Waals surface area contributed by atoms with Crippen molar-refractivity contribution in [1.82, 2.24) is 4.98 Å². The van der Waals surface area contributed by atoms with E-state index in [2.05, 4.69) is 15.0 Å². The van der Waals surface area contributed by atoms with Gasteiger partial charge in [0.1, 0.15) is 10.6 Å². The van der Waals surface area contributed by atoms with E-state index in [4.69, 9.17) is 4.74 Å². The number of anilines is 2. The number of aromatic nitrogens is 1. The Morgan fingerprint density at radius 1 is 1.12 bits per heavy atom. The minimum absolute atomic E-state index is 0.00728. The first kappa shape index (κ1) is 22.3. The molecular weight excluding hydrogens is 446 g/mol. The molecule has 1 aliphatic rings. The van der Waals surface area contributed by atoms with Crippen LogP contribution in [0.4, 0.5) is 10.8 Å². The molecule has 1 saturated carbocycles. The van der Waals surface area contributed by atoms with Gasteiger partial charge < -0.3 is 10.1 Å². The zero-order chi connectivity index (χ0) is 22.7. The largest absolute Gasteiger partial charge is 0.495 e. The number of methoxy groups -OCH3 is 1. The lowest BCUT2D eigenvalue weighted by Gasteiger charge is -2.13. The number of sulfonamides is 1. The molecule has 4 rings (SSSR count). The van der Waals surface area contributed by atoms with E-state index in [0.29, 0.717) is 16.4 Å². The molecule has 0 radical (unpaired) electrons. The third kappa shape index (κ3) is 4.78. The third-order valence-corrected chi connectivity index (χ3v) is 8.02. The second kappa shape index (κ2) is 9.30. The molecule has 3 aromatic rings. The number of aryl methyl sites for hydroxylation is 1. The Hall–Kier alpha value is -2.91. The van der Waals surface area contributed by atoms with E-state index in [1.165, 1.54) is 18.4 Å². The third-order valence-electron chi connectivity index (χ3n) is 5.49. The number of nitrogens with one attached hydrogen (secondary N) is 2. The molecule has 2 N–H and O–H groups in total. The molecule has 7 nitrogen and oxygen atoms in total. The summed E-state index contributed by atoms with van der Waals surface area (Å²) in [5.41, 5.74) is 1.88. The Morgan fingerprint density at radius 2 is 1.84 bits per heavy atom. The van der Waals surface area contributed by atoms with Crippen LogP contribution in [0.15, 0.2) is 53.4 Å². The second-order valence-corrected chi connectivity index (χ2v) is 10.4. The number of thiazole rings is 1. The van der Waals surface area contributed by atoms with E-state index >= 15 is 0 Å². The average Bonchev–Trinajstić information content (AvgIpc) is 3.44. The predicted octanol–water partition coefficient (Wildman–Crippen LogP) is 5.06. The van der Waals surface area contributed by atoms with Gasteiger partial charge in [-0.25, -0.2) is 13.4 Å². The van der Waals surface area contributed by atoms with Gasteiger partial charge in [-0.15, -0.1) is 0 Å². The molecule has 0 bridgehead atoms. The number of amides is 1. The maximum absolute atomic E-state index is 13.1. The van der Waals surface area contributed by atoms with E-state index in [-0.39, 0.29) is 22.5 Å². The highest BCUT2D eigenvalue weighted by atomic mass is 32.2. The van der Waals surface area contributed by atoms with Crippen molar-refractivity contribution in [1.29, 1.82) is 0 Å². The molecule has 0 aliphatic heterocycles. The van der Waals surface area contributed by atoms with Crippen molar-refractivity contribution in [3.63, 3.8) is 0 Å². The van der Waals surface area contributed by atoms with Gasteiger partial charge in [-0.05, 0) is 55.7 Å². The molecule has 1 aromatic heterocycles. The van der Waals surface area contributed by atoms with Gasteiger partial charge in [-0.1, -0.05) is 42.4 Å². The summed E-state index contributed by atoms with van der Waals surface area (Å²) in [5, 5.41) is 3.45. The highest BCUT2D eigenvalue weighted by Gasteiger charge is 2.25. The molecule has 1 fully saturated rings. The monoisotopic (exact) mass is 471 g/mol. The summed E-state index contributed by atoms with van der Waals surface area (Å²) < 4.78 is 34.1. The Labute approximate surface area is 191 Å². The summed E-state index contributed by atoms with van der Waals surface area (Å²) in [5.74, 6) is 0.298. The fraction of sp³-hybridized carbons (Fsp3) is 0.304. The van der Waals surface area contributed by atoms with Crippen LogP contribution in [0.25, 0.3) is 10.4 Å². The van der Waals surface area contributed by atoms with Crippen molar-refractivity contribution < 1.29 is 17.9 Å². The number of benzene rings is 2. The normalized spacial score (nSPS) is 14.3. The van der Waals surface area contributed by atoms with E-state index in [1.54, 1.807) is 42.5 Å². The molecule has 32 heavy (non-hydrogen) atoms. The van der Waals surface area contributed by atoms with Gasteiger partial charge in [-0.2, -0.15) is 0 Å². The minimum atomic E-state index is -3.88. The molecule has 168 valence electrons. The van der Waals surface area contributed by atoms with Crippen LogP contribution in [0.1, 0.15) is 31.4 Å². The molecule has 0 spiro atoms. The smallest absolute Gasteiger partial charge is 0.265 e. The molecule has 1 amide bonds. The minimum Gasteiger partial charge on any atom is -0.495 e. The number of carbonyl (C=O) groups is 1. The number of carbonyl (C=O) groups excluding carboxylic acids is 1. The van der Waals surface area contributed by atoms with Crippen molar-refractivity contribution in [3.05, 3.63) is 54.2 Å². The number of ether oxygens (including phenoxy) is 1. The molecule has 2 aromatic carbocycles. The zero-order valence-corrected chi connectivity index (χ0v) is 19.6. The van der Waals surface area contributed by atoms with Crippen molar-refractivity contribution in [2.45, 2.75) is 37.5 Å². The van der Waals surface area contributed by atoms with Crippen LogP contribution in [-0.4, -0.2) is 26.4 Å². The molecule has 0 saturated heterocycles. The Kier molecular flexibility index (Phi) is 6.48. The highest BCUT2D eigenvalue weighted by Crippen LogP contribution is 2.37. The Morgan fingerprint density at radius 3 is 2.53 bits per heavy atom. The topological polar surface area (TPSA) is 97.4 Å². The summed E-state index contributed by atoms with van der Waals surface area (Å²) >= 11 is 1.34. The first-order valence-corrected chi connectivity index (χ1v) is 12.7. The lowest BCUT2D eigenvalue weighted by atomic mass is 10.1. The number of nitrogens with zero attached hydrogens (tertiary/aromatic N) is 1. The maximum atomic E-state index is 13.1. The molecule has 9 heteroatoms. The zero-order valence-electron chi connectivity index (χ0n) is 17.9. The van der Waals surface area contributed by atoms with Crippen LogP contribution < -0.4 is 14.8 Å². The maximum Gasteiger partial charge on any atom is 0.265 e. The first-order valence-electron chi connectivity index (χ1n) is 10.4. The predicted molar refractivity (Wildman–Crippen MR) is 127 cm³/mol. The second-order valence-electron chi connectivity index (χ2n) is 7.74. The van der Waals surface area contributed by atoms with Gasteiger partial charge in [0.15, 0.2) is 5.13 Å². The van der Waals surface area contributed by atoms with Gasteiger partial charge in [0.25, 0.3) is 10.0 Å². The molecular formula is C23H25N3O4S2. The number of hydrogen-bond acceptors (Lipinski definition) is 6. The fourth-order valence-electron chi connectivity index (χ4n) is 3.86. The van der Waals surface area contributed by atoms with Crippen molar-refractivity contribution in [3.8, 4) is 16.2 Å². The van der Waals surface area contributed by atoms with Crippen LogP contribution >= 0.6 is 11.3 Å². The van der Waals surface area contributed by atoms with Crippen LogP contribution in [0, 0.1) is 12.8 Å². The summed E-state index contributed by atoms with van der Waals surface area (Å²) in [7, 11) is -2.45. The lowest BCUT2D eigenvalue weighted by molar-refractivity contribution is -0.119. The van der Waals surface area contributed by atoms with Gasteiger partial charge >= 0.3 is 0 Å². The van der Waals surface area contributed by atoms with Crippen LogP contribution in [-0.2, 0) is 14.8 Å². The molecule has 1 aliphatic carbocycles. The van der Waals surface area contributed by atoms with E-state index in [0.717, 1.165) is 36.3 Å². The SMILES string of the molecule is COc1ccc(-c2sc(NC(=O)C3CCCC3)nc2C)cc1S(=O)(=O)Nc1ccccc1.